The normalized spacial score (nSPS) is 28.6. The Labute approximate surface area is 176 Å². The summed E-state index contributed by atoms with van der Waals surface area (Å²) in [6.45, 7) is 1.50. The van der Waals surface area contributed by atoms with Crippen molar-refractivity contribution in [2.24, 2.45) is 5.92 Å². The van der Waals surface area contributed by atoms with Crippen LogP contribution in [0.25, 0.3) is 0 Å². The van der Waals surface area contributed by atoms with Gasteiger partial charge in [-0.15, -0.1) is 12.4 Å². The average molecular weight is 428 g/mol. The van der Waals surface area contributed by atoms with Gasteiger partial charge in [0.1, 0.15) is 17.7 Å². The number of hydrogen-bond donors (Lipinski definition) is 2. The molecule has 3 fully saturated rings. The number of nitrogens with zero attached hydrogens (tertiary/aromatic N) is 1. The van der Waals surface area contributed by atoms with Crippen molar-refractivity contribution in [3.05, 3.63) is 35.4 Å². The maximum Gasteiger partial charge on any atom is 0.257 e. The Morgan fingerprint density at radius 3 is 2.66 bits per heavy atom. The Morgan fingerprint density at radius 1 is 1.14 bits per heavy atom. The highest BCUT2D eigenvalue weighted by Gasteiger charge is 2.47. The molecule has 0 bridgehead atoms. The number of benzene rings is 1. The third kappa shape index (κ3) is 4.56. The molecular weight excluding hydrogens is 400 g/mol. The van der Waals surface area contributed by atoms with E-state index >= 15 is 0 Å². The second-order valence-electron chi connectivity index (χ2n) is 8.24. The van der Waals surface area contributed by atoms with E-state index in [1.54, 1.807) is 4.90 Å². The number of hydrogen-bond acceptors (Lipinski definition) is 3. The van der Waals surface area contributed by atoms with Gasteiger partial charge in [0.15, 0.2) is 0 Å². The van der Waals surface area contributed by atoms with Crippen LogP contribution in [0.3, 0.4) is 0 Å². The molecule has 0 spiro atoms. The van der Waals surface area contributed by atoms with Gasteiger partial charge in [-0.05, 0) is 56.7 Å². The number of rotatable bonds is 4. The van der Waals surface area contributed by atoms with Gasteiger partial charge in [0.2, 0.25) is 5.91 Å². The summed E-state index contributed by atoms with van der Waals surface area (Å²) in [5.41, 5.74) is -0.164. The minimum atomic E-state index is -0.876. The second-order valence-corrected chi connectivity index (χ2v) is 8.24. The zero-order valence-electron chi connectivity index (χ0n) is 16.3. The highest BCUT2D eigenvalue weighted by atomic mass is 35.5. The first-order chi connectivity index (χ1) is 13.5. The van der Waals surface area contributed by atoms with Crippen LogP contribution in [0, 0.1) is 17.6 Å². The maximum absolute atomic E-state index is 14.3. The van der Waals surface area contributed by atoms with Crippen molar-refractivity contribution in [1.82, 2.24) is 15.5 Å². The summed E-state index contributed by atoms with van der Waals surface area (Å²) >= 11 is 0. The summed E-state index contributed by atoms with van der Waals surface area (Å²) in [6.07, 6.45) is 6.64. The van der Waals surface area contributed by atoms with Crippen molar-refractivity contribution in [1.29, 1.82) is 0 Å². The molecule has 4 unspecified atom stereocenters. The van der Waals surface area contributed by atoms with Crippen LogP contribution in [0.15, 0.2) is 18.2 Å². The molecule has 29 heavy (non-hydrogen) atoms. The van der Waals surface area contributed by atoms with Crippen molar-refractivity contribution in [3.8, 4) is 0 Å². The molecule has 160 valence electrons. The Hall–Kier alpha value is -1.73. The quantitative estimate of drug-likeness (QED) is 0.776. The van der Waals surface area contributed by atoms with E-state index in [-0.39, 0.29) is 41.9 Å². The van der Waals surface area contributed by atoms with Gasteiger partial charge in [0.05, 0.1) is 5.56 Å². The number of amides is 2. The second kappa shape index (κ2) is 9.39. The molecule has 4 atom stereocenters. The van der Waals surface area contributed by atoms with E-state index in [0.29, 0.717) is 13.0 Å². The van der Waals surface area contributed by atoms with Crippen LogP contribution >= 0.6 is 12.4 Å². The SMILES string of the molecule is Cl.O=C(NCC1CCCN1)C1CC2CCCCC2N1C(=O)c1ccc(F)cc1F. The first kappa shape index (κ1) is 22.0. The number of halogens is 3. The standard InChI is InChI=1S/C21H27F2N3O2.ClH/c22-14-7-8-16(17(23)11-14)21(28)26-18-6-2-1-4-13(18)10-19(26)20(27)25-12-15-5-3-9-24-15;/h7-8,11,13,15,18-19,24H,1-6,9-10,12H2,(H,25,27);1H. The van der Waals surface area contributed by atoms with Gasteiger partial charge < -0.3 is 15.5 Å². The van der Waals surface area contributed by atoms with E-state index in [1.807, 2.05) is 0 Å². The zero-order chi connectivity index (χ0) is 19.7. The molecule has 5 nitrogen and oxygen atoms in total. The van der Waals surface area contributed by atoms with Crippen LogP contribution in [-0.4, -0.2) is 47.9 Å². The summed E-state index contributed by atoms with van der Waals surface area (Å²) in [6, 6.07) is 2.62. The van der Waals surface area contributed by atoms with Gasteiger partial charge in [0, 0.05) is 24.7 Å². The lowest BCUT2D eigenvalue weighted by molar-refractivity contribution is -0.125. The molecular formula is C21H28ClF2N3O2. The fraction of sp³-hybridized carbons (Fsp3) is 0.619. The summed E-state index contributed by atoms with van der Waals surface area (Å²) in [5.74, 6) is -2.01. The molecule has 2 aliphatic heterocycles. The maximum atomic E-state index is 14.3. The van der Waals surface area contributed by atoms with Gasteiger partial charge in [-0.3, -0.25) is 9.59 Å². The molecule has 2 amide bonds. The van der Waals surface area contributed by atoms with E-state index in [2.05, 4.69) is 10.6 Å². The molecule has 1 aromatic rings. The van der Waals surface area contributed by atoms with Crippen molar-refractivity contribution in [2.45, 2.75) is 63.1 Å². The number of carbonyl (C=O) groups is 2. The van der Waals surface area contributed by atoms with Crippen molar-refractivity contribution in [2.75, 3.05) is 13.1 Å². The summed E-state index contributed by atoms with van der Waals surface area (Å²) < 4.78 is 27.5. The van der Waals surface area contributed by atoms with Gasteiger partial charge in [-0.1, -0.05) is 12.8 Å². The summed E-state index contributed by atoms with van der Waals surface area (Å²) in [7, 11) is 0. The average Bonchev–Trinajstić information content (AvgIpc) is 3.33. The minimum absolute atomic E-state index is 0. The van der Waals surface area contributed by atoms with E-state index in [9.17, 15) is 18.4 Å². The Kier molecular flexibility index (Phi) is 7.11. The lowest BCUT2D eigenvalue weighted by Gasteiger charge is -2.33. The van der Waals surface area contributed by atoms with E-state index in [1.165, 1.54) is 6.07 Å². The number of fused-ring (bicyclic) bond motifs is 1. The highest BCUT2D eigenvalue weighted by Crippen LogP contribution is 2.40. The molecule has 8 heteroatoms. The lowest BCUT2D eigenvalue weighted by Crippen LogP contribution is -2.51. The molecule has 2 heterocycles. The monoisotopic (exact) mass is 427 g/mol. The predicted molar refractivity (Wildman–Crippen MR) is 108 cm³/mol. The molecule has 1 aromatic carbocycles. The van der Waals surface area contributed by atoms with Crippen LogP contribution < -0.4 is 10.6 Å². The Bertz CT molecular complexity index is 757. The molecule has 2 saturated heterocycles. The van der Waals surface area contributed by atoms with Crippen LogP contribution in [0.4, 0.5) is 8.78 Å². The predicted octanol–water partition coefficient (Wildman–Crippen LogP) is 3.03. The van der Waals surface area contributed by atoms with E-state index < -0.39 is 23.6 Å². The minimum Gasteiger partial charge on any atom is -0.353 e. The molecule has 1 saturated carbocycles. The summed E-state index contributed by atoms with van der Waals surface area (Å²) in [5, 5.41) is 6.33. The van der Waals surface area contributed by atoms with Gasteiger partial charge in [-0.25, -0.2) is 8.78 Å². The molecule has 2 N–H and O–H groups in total. The molecule has 4 rings (SSSR count). The topological polar surface area (TPSA) is 61.4 Å². The Balaban J connectivity index is 0.00000240. The summed E-state index contributed by atoms with van der Waals surface area (Å²) in [4.78, 5) is 27.7. The third-order valence-corrected chi connectivity index (χ3v) is 6.47. The molecule has 3 aliphatic rings. The van der Waals surface area contributed by atoms with Gasteiger partial charge >= 0.3 is 0 Å². The Morgan fingerprint density at radius 2 is 1.93 bits per heavy atom. The number of carbonyl (C=O) groups excluding carboxylic acids is 2. The van der Waals surface area contributed by atoms with Crippen molar-refractivity contribution in [3.63, 3.8) is 0 Å². The molecule has 0 radical (unpaired) electrons. The molecule has 0 aromatic heterocycles. The zero-order valence-corrected chi connectivity index (χ0v) is 17.1. The number of nitrogens with one attached hydrogen (secondary N) is 2. The fourth-order valence-corrected chi connectivity index (χ4v) is 5.06. The van der Waals surface area contributed by atoms with Crippen LogP contribution in [0.5, 0.6) is 0 Å². The first-order valence-corrected chi connectivity index (χ1v) is 10.3. The van der Waals surface area contributed by atoms with Gasteiger partial charge in [-0.2, -0.15) is 0 Å². The molecule has 1 aliphatic carbocycles. The first-order valence-electron chi connectivity index (χ1n) is 10.3. The van der Waals surface area contributed by atoms with Crippen LogP contribution in [0.1, 0.15) is 55.3 Å². The highest BCUT2D eigenvalue weighted by molar-refractivity contribution is 5.98. The van der Waals surface area contributed by atoms with Crippen molar-refractivity contribution < 1.29 is 18.4 Å². The van der Waals surface area contributed by atoms with Crippen molar-refractivity contribution >= 4 is 24.2 Å². The fourth-order valence-electron chi connectivity index (χ4n) is 5.06. The largest absolute Gasteiger partial charge is 0.353 e. The third-order valence-electron chi connectivity index (χ3n) is 6.47. The van der Waals surface area contributed by atoms with E-state index in [0.717, 1.165) is 57.2 Å². The van der Waals surface area contributed by atoms with Gasteiger partial charge in [0.25, 0.3) is 5.91 Å². The van der Waals surface area contributed by atoms with Crippen LogP contribution in [-0.2, 0) is 4.79 Å². The van der Waals surface area contributed by atoms with E-state index in [4.69, 9.17) is 0 Å². The smallest absolute Gasteiger partial charge is 0.257 e. The van der Waals surface area contributed by atoms with Crippen LogP contribution in [0.2, 0.25) is 0 Å². The lowest BCUT2D eigenvalue weighted by atomic mass is 9.84. The number of likely N-dealkylation sites (tertiary alicyclic amines) is 1.